The van der Waals surface area contributed by atoms with Gasteiger partial charge in [0.2, 0.25) is 0 Å². The van der Waals surface area contributed by atoms with Gasteiger partial charge in [-0.3, -0.25) is 0 Å². The highest BCUT2D eigenvalue weighted by Crippen LogP contribution is 2.09. The maximum atomic E-state index is 12.3. The Kier molecular flexibility index (Phi) is 4.60. The molecule has 2 N–H and O–H groups in total. The molecule has 1 aromatic rings. The molecule has 0 saturated carbocycles. The molecular weight excluding hydrogens is 256 g/mol. The summed E-state index contributed by atoms with van der Waals surface area (Å²) in [5, 5.41) is 0. The molecule has 0 fully saturated rings. The fourth-order valence-corrected chi connectivity index (χ4v) is 0.766. The first kappa shape index (κ1) is 10.8. The number of benzene rings is 1. The Labute approximate surface area is 82.8 Å². The van der Waals surface area contributed by atoms with E-state index in [2.05, 4.69) is 0 Å². The summed E-state index contributed by atoms with van der Waals surface area (Å²) in [6, 6.07) is 6.21. The van der Waals surface area contributed by atoms with Crippen molar-refractivity contribution in [3.63, 3.8) is 0 Å². The largest absolute Gasteiger partial charge is 0.324 e. The predicted molar refractivity (Wildman–Crippen MR) is 54.4 cm³/mol. The monoisotopic (exact) mass is 267 g/mol. The lowest BCUT2D eigenvalue weighted by molar-refractivity contribution is 0.626. The second-order valence-corrected chi connectivity index (χ2v) is 2.34. The lowest BCUT2D eigenvalue weighted by atomic mass is 10.1. The van der Waals surface area contributed by atoms with E-state index in [9.17, 15) is 4.39 Å². The summed E-state index contributed by atoms with van der Waals surface area (Å²) in [7, 11) is 0. The third-order valence-electron chi connectivity index (χ3n) is 1.40. The summed E-state index contributed by atoms with van der Waals surface area (Å²) in [5.74, 6) is -0.218. The van der Waals surface area contributed by atoms with Crippen molar-refractivity contribution in [1.29, 1.82) is 0 Å². The molecule has 0 saturated heterocycles. The van der Waals surface area contributed by atoms with Crippen molar-refractivity contribution in [1.82, 2.24) is 0 Å². The smallest absolute Gasteiger partial charge is 0.123 e. The fourth-order valence-electron chi connectivity index (χ4n) is 0.766. The summed E-state index contributed by atoms with van der Waals surface area (Å²) in [5.41, 5.74) is 6.50. The summed E-state index contributed by atoms with van der Waals surface area (Å²) in [6.45, 7) is 1.87. The molecule has 0 aliphatic heterocycles. The Morgan fingerprint density at radius 1 is 1.27 bits per heavy atom. The Morgan fingerprint density at radius 2 is 1.73 bits per heavy atom. The molecule has 1 atom stereocenters. The normalized spacial score (nSPS) is 11.9. The Hall–Kier alpha value is -0.160. The van der Waals surface area contributed by atoms with E-state index in [-0.39, 0.29) is 35.8 Å². The van der Waals surface area contributed by atoms with Crippen LogP contribution in [0.4, 0.5) is 4.39 Å². The van der Waals surface area contributed by atoms with Gasteiger partial charge in [-0.2, -0.15) is 0 Å². The molecule has 62 valence electrons. The van der Waals surface area contributed by atoms with E-state index < -0.39 is 0 Å². The molecule has 0 radical (unpaired) electrons. The van der Waals surface area contributed by atoms with Gasteiger partial charge in [-0.05, 0) is 24.6 Å². The first-order valence-corrected chi connectivity index (χ1v) is 3.21. The molecule has 11 heavy (non-hydrogen) atoms. The lowest BCUT2D eigenvalue weighted by Gasteiger charge is -2.02. The zero-order valence-corrected chi connectivity index (χ0v) is 8.58. The molecule has 0 aliphatic carbocycles. The number of nitrogens with two attached hydrogens (primary N) is 1. The molecule has 1 unspecified atom stereocenters. The van der Waals surface area contributed by atoms with Crippen molar-refractivity contribution in [2.24, 2.45) is 5.73 Å². The van der Waals surface area contributed by atoms with Crippen LogP contribution in [0.3, 0.4) is 0 Å². The number of hydrogen-bond acceptors (Lipinski definition) is 1. The molecule has 3 heteroatoms. The van der Waals surface area contributed by atoms with Gasteiger partial charge in [-0.15, -0.1) is 24.0 Å². The Balaban J connectivity index is 0.000001000. The van der Waals surface area contributed by atoms with Crippen LogP contribution in [-0.4, -0.2) is 0 Å². The van der Waals surface area contributed by atoms with E-state index in [0.717, 1.165) is 5.56 Å². The Morgan fingerprint density at radius 3 is 2.09 bits per heavy atom. The van der Waals surface area contributed by atoms with Gasteiger partial charge in [0.1, 0.15) is 5.82 Å². The molecule has 0 spiro atoms. The van der Waals surface area contributed by atoms with Gasteiger partial charge in [-0.25, -0.2) is 4.39 Å². The fraction of sp³-hybridized carbons (Fsp3) is 0.250. The van der Waals surface area contributed by atoms with Crippen LogP contribution in [0.2, 0.25) is 0 Å². The second kappa shape index (κ2) is 4.66. The van der Waals surface area contributed by atoms with Gasteiger partial charge in [0.25, 0.3) is 0 Å². The van der Waals surface area contributed by atoms with Crippen LogP contribution < -0.4 is 5.73 Å². The SMILES string of the molecule is CC(N)c1ccc(F)cc1.I. The van der Waals surface area contributed by atoms with E-state index in [4.69, 9.17) is 5.73 Å². The topological polar surface area (TPSA) is 26.0 Å². The zero-order valence-electron chi connectivity index (χ0n) is 6.25. The standard InChI is InChI=1S/C8H10FN.HI/c1-6(10)7-2-4-8(9)5-3-7;/h2-6H,10H2,1H3;1H. The summed E-state index contributed by atoms with van der Waals surface area (Å²) in [4.78, 5) is 0. The maximum absolute atomic E-state index is 12.3. The minimum absolute atomic E-state index is 0. The predicted octanol–water partition coefficient (Wildman–Crippen LogP) is 2.46. The van der Waals surface area contributed by atoms with Gasteiger partial charge in [-0.1, -0.05) is 12.1 Å². The quantitative estimate of drug-likeness (QED) is 0.777. The van der Waals surface area contributed by atoms with Crippen molar-refractivity contribution >= 4 is 24.0 Å². The van der Waals surface area contributed by atoms with E-state index >= 15 is 0 Å². The van der Waals surface area contributed by atoms with Crippen LogP contribution in [0, 0.1) is 5.82 Å². The number of halogens is 2. The van der Waals surface area contributed by atoms with E-state index in [1.807, 2.05) is 6.92 Å². The van der Waals surface area contributed by atoms with Crippen LogP contribution in [0.25, 0.3) is 0 Å². The van der Waals surface area contributed by atoms with Crippen LogP contribution in [0.1, 0.15) is 18.5 Å². The van der Waals surface area contributed by atoms with Gasteiger partial charge in [0, 0.05) is 6.04 Å². The summed E-state index contributed by atoms with van der Waals surface area (Å²) < 4.78 is 12.3. The van der Waals surface area contributed by atoms with E-state index in [0.29, 0.717) is 0 Å². The molecule has 1 nitrogen and oxygen atoms in total. The molecule has 0 heterocycles. The first-order valence-electron chi connectivity index (χ1n) is 3.21. The van der Waals surface area contributed by atoms with Crippen LogP contribution in [0.5, 0.6) is 0 Å². The highest BCUT2D eigenvalue weighted by molar-refractivity contribution is 14.0. The molecular formula is C8H11FIN. The number of rotatable bonds is 1. The number of hydrogen-bond donors (Lipinski definition) is 1. The molecule has 0 aromatic heterocycles. The van der Waals surface area contributed by atoms with Crippen molar-refractivity contribution in [3.8, 4) is 0 Å². The highest BCUT2D eigenvalue weighted by atomic mass is 127. The van der Waals surface area contributed by atoms with Gasteiger partial charge >= 0.3 is 0 Å². The maximum Gasteiger partial charge on any atom is 0.123 e. The Bertz CT molecular complexity index is 208. The third-order valence-corrected chi connectivity index (χ3v) is 1.40. The average molecular weight is 267 g/mol. The van der Waals surface area contributed by atoms with Crippen LogP contribution >= 0.6 is 24.0 Å². The van der Waals surface area contributed by atoms with Crippen molar-refractivity contribution in [3.05, 3.63) is 35.6 Å². The minimum atomic E-state index is -0.218. The molecule has 1 rings (SSSR count). The highest BCUT2D eigenvalue weighted by Gasteiger charge is 1.96. The average Bonchev–Trinajstić information content (AvgIpc) is 1.88. The summed E-state index contributed by atoms with van der Waals surface area (Å²) >= 11 is 0. The zero-order chi connectivity index (χ0) is 7.56. The van der Waals surface area contributed by atoms with Crippen LogP contribution in [0.15, 0.2) is 24.3 Å². The van der Waals surface area contributed by atoms with Crippen molar-refractivity contribution in [2.75, 3.05) is 0 Å². The molecule has 0 aliphatic rings. The van der Waals surface area contributed by atoms with Crippen molar-refractivity contribution < 1.29 is 4.39 Å². The van der Waals surface area contributed by atoms with Gasteiger partial charge < -0.3 is 5.73 Å². The van der Waals surface area contributed by atoms with Gasteiger partial charge in [0.15, 0.2) is 0 Å². The molecule has 0 bridgehead atoms. The minimum Gasteiger partial charge on any atom is -0.324 e. The summed E-state index contributed by atoms with van der Waals surface area (Å²) in [6.07, 6.45) is 0. The first-order chi connectivity index (χ1) is 4.70. The third kappa shape index (κ3) is 3.16. The van der Waals surface area contributed by atoms with Crippen LogP contribution in [-0.2, 0) is 0 Å². The molecule has 0 amide bonds. The van der Waals surface area contributed by atoms with Crippen molar-refractivity contribution in [2.45, 2.75) is 13.0 Å². The second-order valence-electron chi connectivity index (χ2n) is 2.34. The van der Waals surface area contributed by atoms with E-state index in [1.165, 1.54) is 12.1 Å². The molecule has 1 aromatic carbocycles. The van der Waals surface area contributed by atoms with Gasteiger partial charge in [0.05, 0.1) is 0 Å². The lowest BCUT2D eigenvalue weighted by Crippen LogP contribution is -2.04. The van der Waals surface area contributed by atoms with E-state index in [1.54, 1.807) is 12.1 Å².